The molecule has 2 fully saturated rings. The highest BCUT2D eigenvalue weighted by Crippen LogP contribution is 2.38. The average molecular weight is 450 g/mol. The maximum Gasteiger partial charge on any atom is 0.251 e. The summed E-state index contributed by atoms with van der Waals surface area (Å²) in [6, 6.07) is 9.47. The summed E-state index contributed by atoms with van der Waals surface area (Å²) in [4.78, 5) is 43.2. The zero-order chi connectivity index (χ0) is 23.7. The number of fused-ring (bicyclic) bond motifs is 2. The van der Waals surface area contributed by atoms with Crippen LogP contribution in [0.3, 0.4) is 0 Å². The number of Topliss-reactive ketones (excluding diaryl/α,β-unsaturated/α-hetero) is 1. The molecule has 0 unspecified atom stereocenters. The number of carbonyl (C=O) groups excluding carboxylic acids is 3. The quantitative estimate of drug-likeness (QED) is 0.559. The van der Waals surface area contributed by atoms with Crippen LogP contribution in [0.2, 0.25) is 0 Å². The van der Waals surface area contributed by atoms with E-state index in [1.165, 1.54) is 6.92 Å². The fourth-order valence-corrected chi connectivity index (χ4v) is 5.02. The Morgan fingerprint density at radius 1 is 1.06 bits per heavy atom. The molecule has 1 aromatic carbocycles. The zero-order valence-electron chi connectivity index (χ0n) is 19.3. The van der Waals surface area contributed by atoms with Crippen LogP contribution in [0.4, 0.5) is 11.5 Å². The second kappa shape index (κ2) is 9.21. The molecule has 2 aliphatic rings. The highest BCUT2D eigenvalue weighted by molar-refractivity contribution is 6.02. The van der Waals surface area contributed by atoms with E-state index in [4.69, 9.17) is 5.73 Å². The number of primary amides is 1. The van der Waals surface area contributed by atoms with Gasteiger partial charge in [-0.3, -0.25) is 14.4 Å². The van der Waals surface area contributed by atoms with E-state index >= 15 is 0 Å². The first-order valence-corrected chi connectivity index (χ1v) is 11.5. The molecule has 2 aromatic rings. The van der Waals surface area contributed by atoms with Gasteiger partial charge in [0.2, 0.25) is 0 Å². The van der Waals surface area contributed by atoms with Crippen molar-refractivity contribution >= 4 is 29.1 Å². The van der Waals surface area contributed by atoms with Crippen molar-refractivity contribution in [3.05, 3.63) is 53.2 Å². The summed E-state index contributed by atoms with van der Waals surface area (Å²) < 4.78 is 0. The summed E-state index contributed by atoms with van der Waals surface area (Å²) >= 11 is 0. The number of nitrogens with two attached hydrogens (primary N) is 1. The molecule has 4 rings (SSSR count). The molecule has 33 heavy (non-hydrogen) atoms. The van der Waals surface area contributed by atoms with Gasteiger partial charge in [0.25, 0.3) is 11.8 Å². The first-order chi connectivity index (χ1) is 15.7. The number of anilines is 2. The minimum atomic E-state index is -0.529. The molecule has 0 saturated carbocycles. The number of ketones is 1. The third-order valence-electron chi connectivity index (χ3n) is 6.48. The van der Waals surface area contributed by atoms with Gasteiger partial charge < -0.3 is 21.3 Å². The number of hydrogen-bond acceptors (Lipinski definition) is 6. The topological polar surface area (TPSA) is 117 Å². The number of rotatable bonds is 7. The summed E-state index contributed by atoms with van der Waals surface area (Å²) in [6.07, 6.45) is 5.44. The van der Waals surface area contributed by atoms with Crippen LogP contribution in [0, 0.1) is 0 Å². The van der Waals surface area contributed by atoms with E-state index < -0.39 is 5.91 Å². The maximum atomic E-state index is 13.0. The van der Waals surface area contributed by atoms with Crippen molar-refractivity contribution in [2.45, 2.75) is 70.6 Å². The lowest BCUT2D eigenvalue weighted by Crippen LogP contribution is -2.50. The molecule has 1 aromatic heterocycles. The second-order valence-corrected chi connectivity index (χ2v) is 9.32. The van der Waals surface area contributed by atoms with Crippen LogP contribution in [0.5, 0.6) is 0 Å². The molecule has 0 radical (unpaired) electrons. The standard InChI is InChI=1S/C25H31N5O3/c1-14(2)28-22-10-16(4-8-21(22)24(26)32)25(33)29-18-11-19-6-7-20(12-18)30(19)23-9-5-17(13-27-23)15(3)31/h4-5,8-10,13-14,18-20,28H,6-7,11-12H2,1-3H3,(H2,26,32)(H,29,33)/t18-,19+,20-. The first kappa shape index (κ1) is 22.8. The number of benzene rings is 1. The highest BCUT2D eigenvalue weighted by Gasteiger charge is 2.41. The first-order valence-electron chi connectivity index (χ1n) is 11.5. The summed E-state index contributed by atoms with van der Waals surface area (Å²) in [5, 5.41) is 6.38. The lowest BCUT2D eigenvalue weighted by atomic mass is 9.96. The second-order valence-electron chi connectivity index (χ2n) is 9.32. The number of carbonyl (C=O) groups is 3. The van der Waals surface area contributed by atoms with Gasteiger partial charge in [-0.1, -0.05) is 0 Å². The summed E-state index contributed by atoms with van der Waals surface area (Å²) in [5.74, 6) is 0.219. The molecule has 3 heterocycles. The van der Waals surface area contributed by atoms with E-state index in [9.17, 15) is 14.4 Å². The van der Waals surface area contributed by atoms with Gasteiger partial charge in [0.1, 0.15) is 5.82 Å². The Morgan fingerprint density at radius 2 is 1.73 bits per heavy atom. The third-order valence-corrected chi connectivity index (χ3v) is 6.48. The number of pyridine rings is 1. The van der Waals surface area contributed by atoms with E-state index in [-0.39, 0.29) is 23.8 Å². The van der Waals surface area contributed by atoms with Gasteiger partial charge in [0.15, 0.2) is 5.78 Å². The van der Waals surface area contributed by atoms with Gasteiger partial charge in [0.05, 0.1) is 5.56 Å². The largest absolute Gasteiger partial charge is 0.382 e. The van der Waals surface area contributed by atoms with E-state index in [0.29, 0.717) is 34.5 Å². The molecule has 2 amide bonds. The van der Waals surface area contributed by atoms with E-state index in [0.717, 1.165) is 31.5 Å². The molecule has 2 bridgehead atoms. The van der Waals surface area contributed by atoms with E-state index in [1.54, 1.807) is 24.4 Å². The van der Waals surface area contributed by atoms with Crippen molar-refractivity contribution in [3.8, 4) is 0 Å². The Bertz CT molecular complexity index is 1050. The van der Waals surface area contributed by atoms with Gasteiger partial charge >= 0.3 is 0 Å². The number of nitrogens with one attached hydrogen (secondary N) is 2. The molecule has 4 N–H and O–H groups in total. The Morgan fingerprint density at radius 3 is 2.27 bits per heavy atom. The number of aromatic nitrogens is 1. The number of nitrogens with zero attached hydrogens (tertiary/aromatic N) is 2. The number of hydrogen-bond donors (Lipinski definition) is 3. The molecule has 0 aliphatic carbocycles. The van der Waals surface area contributed by atoms with Crippen molar-refractivity contribution < 1.29 is 14.4 Å². The number of amides is 2. The van der Waals surface area contributed by atoms with Crippen LogP contribution in [0.25, 0.3) is 0 Å². The predicted octanol–water partition coefficient (Wildman–Crippen LogP) is 3.13. The van der Waals surface area contributed by atoms with Crippen LogP contribution >= 0.6 is 0 Å². The predicted molar refractivity (Wildman–Crippen MR) is 128 cm³/mol. The molecular formula is C25H31N5O3. The smallest absolute Gasteiger partial charge is 0.251 e. The fourth-order valence-electron chi connectivity index (χ4n) is 5.02. The summed E-state index contributed by atoms with van der Waals surface area (Å²) in [5.41, 5.74) is 7.53. The fraction of sp³-hybridized carbons (Fsp3) is 0.440. The van der Waals surface area contributed by atoms with Gasteiger partial charge in [-0.05, 0) is 76.8 Å². The Labute approximate surface area is 193 Å². The minimum Gasteiger partial charge on any atom is -0.382 e. The van der Waals surface area contributed by atoms with Crippen molar-refractivity contribution in [3.63, 3.8) is 0 Å². The molecule has 0 spiro atoms. The zero-order valence-corrected chi connectivity index (χ0v) is 19.3. The van der Waals surface area contributed by atoms with Crippen LogP contribution in [-0.4, -0.2) is 46.7 Å². The van der Waals surface area contributed by atoms with Gasteiger partial charge in [0, 0.05) is 47.2 Å². The summed E-state index contributed by atoms with van der Waals surface area (Å²) in [6.45, 7) is 5.46. The minimum absolute atomic E-state index is 0.00838. The maximum absolute atomic E-state index is 13.0. The number of piperidine rings is 1. The van der Waals surface area contributed by atoms with Crippen LogP contribution in [-0.2, 0) is 0 Å². The normalized spacial score (nSPS) is 21.7. The lowest BCUT2D eigenvalue weighted by molar-refractivity contribution is 0.0924. The third kappa shape index (κ3) is 4.84. The van der Waals surface area contributed by atoms with Crippen LogP contribution < -0.4 is 21.3 Å². The van der Waals surface area contributed by atoms with Crippen molar-refractivity contribution in [2.75, 3.05) is 10.2 Å². The highest BCUT2D eigenvalue weighted by atomic mass is 16.2. The van der Waals surface area contributed by atoms with Gasteiger partial charge in [-0.25, -0.2) is 4.98 Å². The molecular weight excluding hydrogens is 418 g/mol. The lowest BCUT2D eigenvalue weighted by Gasteiger charge is -2.40. The molecule has 3 atom stereocenters. The summed E-state index contributed by atoms with van der Waals surface area (Å²) in [7, 11) is 0. The Kier molecular flexibility index (Phi) is 6.35. The van der Waals surface area contributed by atoms with Crippen molar-refractivity contribution in [1.82, 2.24) is 10.3 Å². The SMILES string of the molecule is CC(=O)c1ccc(N2[C@@H]3CC[C@H]2C[C@@H](NC(=O)c2ccc(C(N)=O)c(NC(C)C)c2)C3)nc1. The van der Waals surface area contributed by atoms with Gasteiger partial charge in [-0.15, -0.1) is 0 Å². The van der Waals surface area contributed by atoms with Crippen LogP contribution in [0.15, 0.2) is 36.5 Å². The molecule has 2 saturated heterocycles. The van der Waals surface area contributed by atoms with Crippen molar-refractivity contribution in [2.24, 2.45) is 5.73 Å². The van der Waals surface area contributed by atoms with Crippen LogP contribution in [0.1, 0.15) is 77.5 Å². The van der Waals surface area contributed by atoms with E-state index in [1.807, 2.05) is 26.0 Å². The monoisotopic (exact) mass is 449 g/mol. The Hall–Kier alpha value is -3.42. The molecule has 8 heteroatoms. The Balaban J connectivity index is 1.45. The average Bonchev–Trinajstić information content (AvgIpc) is 3.03. The van der Waals surface area contributed by atoms with Crippen molar-refractivity contribution in [1.29, 1.82) is 0 Å². The molecule has 8 nitrogen and oxygen atoms in total. The molecule has 2 aliphatic heterocycles. The molecule has 174 valence electrons. The van der Waals surface area contributed by atoms with Gasteiger partial charge in [-0.2, -0.15) is 0 Å². The van der Waals surface area contributed by atoms with E-state index in [2.05, 4.69) is 20.5 Å².